The van der Waals surface area contributed by atoms with Crippen LogP contribution in [-0.2, 0) is 0 Å². The summed E-state index contributed by atoms with van der Waals surface area (Å²) < 4.78 is 0. The molecule has 0 saturated carbocycles. The summed E-state index contributed by atoms with van der Waals surface area (Å²) >= 11 is 5.75. The molecular formula is C10H6ClN3. The molecule has 0 bridgehead atoms. The summed E-state index contributed by atoms with van der Waals surface area (Å²) in [5, 5.41) is 8.87. The number of hydrogen-bond donors (Lipinski definition) is 0. The zero-order chi connectivity index (χ0) is 10.1. The van der Waals surface area contributed by atoms with Gasteiger partial charge in [-0.1, -0.05) is 17.7 Å². The van der Waals surface area contributed by atoms with Gasteiger partial charge in [-0.05, 0) is 24.6 Å². The van der Waals surface area contributed by atoms with Crippen LogP contribution in [0.2, 0.25) is 5.15 Å². The average Bonchev–Trinajstić information content (AvgIpc) is 2.17. The van der Waals surface area contributed by atoms with Gasteiger partial charge in [0.25, 0.3) is 0 Å². The van der Waals surface area contributed by atoms with E-state index in [9.17, 15) is 0 Å². The summed E-state index contributed by atoms with van der Waals surface area (Å²) in [6.07, 6.45) is 0. The number of fused-ring (bicyclic) bond motifs is 1. The zero-order valence-electron chi connectivity index (χ0n) is 7.45. The highest BCUT2D eigenvalue weighted by Gasteiger charge is 2.05. The SMILES string of the molecule is Cc1ccc2nc(Cl)c(C#N)nc2c1. The Balaban J connectivity index is 2.82. The Morgan fingerprint density at radius 1 is 1.29 bits per heavy atom. The van der Waals surface area contributed by atoms with Crippen LogP contribution in [0.25, 0.3) is 11.0 Å². The van der Waals surface area contributed by atoms with Gasteiger partial charge in [-0.15, -0.1) is 0 Å². The summed E-state index contributed by atoms with van der Waals surface area (Å²) in [6.45, 7) is 1.96. The number of benzene rings is 1. The summed E-state index contributed by atoms with van der Waals surface area (Å²) in [6, 6.07) is 7.54. The summed E-state index contributed by atoms with van der Waals surface area (Å²) in [5.74, 6) is 0. The van der Waals surface area contributed by atoms with Gasteiger partial charge in [-0.3, -0.25) is 0 Å². The van der Waals surface area contributed by atoms with Crippen molar-refractivity contribution in [3.05, 3.63) is 34.6 Å². The van der Waals surface area contributed by atoms with E-state index in [2.05, 4.69) is 9.97 Å². The van der Waals surface area contributed by atoms with E-state index in [1.54, 1.807) is 0 Å². The van der Waals surface area contributed by atoms with Crippen molar-refractivity contribution in [3.63, 3.8) is 0 Å². The lowest BCUT2D eigenvalue weighted by Crippen LogP contribution is -1.91. The van der Waals surface area contributed by atoms with Crippen LogP contribution in [0.1, 0.15) is 11.3 Å². The highest BCUT2D eigenvalue weighted by molar-refractivity contribution is 6.30. The Hall–Kier alpha value is -1.66. The Labute approximate surface area is 86.0 Å². The molecule has 4 heteroatoms. The van der Waals surface area contributed by atoms with Crippen molar-refractivity contribution in [1.29, 1.82) is 5.26 Å². The molecule has 0 radical (unpaired) electrons. The first kappa shape index (κ1) is 8.92. The summed E-state index contributed by atoms with van der Waals surface area (Å²) in [5.41, 5.74) is 2.66. The van der Waals surface area contributed by atoms with Crippen LogP contribution in [0.15, 0.2) is 18.2 Å². The van der Waals surface area contributed by atoms with Crippen LogP contribution in [0.5, 0.6) is 0 Å². The fourth-order valence-corrected chi connectivity index (χ4v) is 1.39. The van der Waals surface area contributed by atoms with Crippen molar-refractivity contribution >= 4 is 22.6 Å². The van der Waals surface area contributed by atoms with Gasteiger partial charge in [0.2, 0.25) is 0 Å². The molecular weight excluding hydrogens is 198 g/mol. The lowest BCUT2D eigenvalue weighted by molar-refractivity contribution is 1.23. The highest BCUT2D eigenvalue weighted by Crippen LogP contribution is 2.17. The molecule has 0 amide bonds. The van der Waals surface area contributed by atoms with Gasteiger partial charge in [0.15, 0.2) is 10.8 Å². The van der Waals surface area contributed by atoms with Crippen LogP contribution < -0.4 is 0 Å². The molecule has 0 aliphatic heterocycles. The predicted octanol–water partition coefficient (Wildman–Crippen LogP) is 2.46. The summed E-state index contributed by atoms with van der Waals surface area (Å²) in [7, 11) is 0. The molecule has 1 heterocycles. The van der Waals surface area contributed by atoms with Crippen molar-refractivity contribution < 1.29 is 0 Å². The monoisotopic (exact) mass is 203 g/mol. The molecule has 1 aromatic carbocycles. The predicted molar refractivity (Wildman–Crippen MR) is 54.0 cm³/mol. The van der Waals surface area contributed by atoms with Crippen LogP contribution in [-0.4, -0.2) is 9.97 Å². The van der Waals surface area contributed by atoms with Gasteiger partial charge in [-0.2, -0.15) is 5.26 Å². The van der Waals surface area contributed by atoms with Gasteiger partial charge in [0.1, 0.15) is 6.07 Å². The fraction of sp³-hybridized carbons (Fsp3) is 0.100. The Morgan fingerprint density at radius 3 is 2.79 bits per heavy atom. The van der Waals surface area contributed by atoms with Crippen LogP contribution in [0, 0.1) is 18.3 Å². The smallest absolute Gasteiger partial charge is 0.178 e. The molecule has 68 valence electrons. The minimum absolute atomic E-state index is 0.156. The molecule has 1 aromatic heterocycles. The zero-order valence-corrected chi connectivity index (χ0v) is 8.21. The van der Waals surface area contributed by atoms with Crippen LogP contribution in [0.3, 0.4) is 0 Å². The van der Waals surface area contributed by atoms with Crippen molar-refractivity contribution in [1.82, 2.24) is 9.97 Å². The topological polar surface area (TPSA) is 49.6 Å². The minimum Gasteiger partial charge on any atom is -0.232 e. The van der Waals surface area contributed by atoms with E-state index in [-0.39, 0.29) is 10.8 Å². The van der Waals surface area contributed by atoms with E-state index < -0.39 is 0 Å². The molecule has 0 spiro atoms. The van der Waals surface area contributed by atoms with Gasteiger partial charge >= 0.3 is 0 Å². The molecule has 0 N–H and O–H groups in total. The molecule has 0 fully saturated rings. The van der Waals surface area contributed by atoms with E-state index in [1.165, 1.54) is 0 Å². The Morgan fingerprint density at radius 2 is 2.07 bits per heavy atom. The molecule has 0 saturated heterocycles. The fourth-order valence-electron chi connectivity index (χ4n) is 1.21. The van der Waals surface area contributed by atoms with E-state index in [4.69, 9.17) is 16.9 Å². The van der Waals surface area contributed by atoms with Crippen molar-refractivity contribution in [3.8, 4) is 6.07 Å². The van der Waals surface area contributed by atoms with Crippen molar-refractivity contribution in [2.24, 2.45) is 0 Å². The third-order valence-corrected chi connectivity index (χ3v) is 2.15. The Bertz CT molecular complexity index is 543. The first-order chi connectivity index (χ1) is 6.70. The van der Waals surface area contributed by atoms with Gasteiger partial charge in [0.05, 0.1) is 11.0 Å². The highest BCUT2D eigenvalue weighted by atomic mass is 35.5. The second-order valence-electron chi connectivity index (χ2n) is 2.97. The largest absolute Gasteiger partial charge is 0.232 e. The first-order valence-corrected chi connectivity index (χ1v) is 4.42. The third kappa shape index (κ3) is 1.40. The van der Waals surface area contributed by atoms with E-state index in [1.807, 2.05) is 31.2 Å². The van der Waals surface area contributed by atoms with Crippen molar-refractivity contribution in [2.75, 3.05) is 0 Å². The van der Waals surface area contributed by atoms with E-state index in [0.29, 0.717) is 11.0 Å². The number of halogens is 1. The molecule has 0 atom stereocenters. The average molecular weight is 204 g/mol. The molecule has 3 nitrogen and oxygen atoms in total. The molecule has 2 rings (SSSR count). The number of hydrogen-bond acceptors (Lipinski definition) is 3. The molecule has 14 heavy (non-hydrogen) atoms. The number of aryl methyl sites for hydroxylation is 1. The second-order valence-corrected chi connectivity index (χ2v) is 3.33. The Kier molecular flexibility index (Phi) is 2.06. The standard InChI is InChI=1S/C10H6ClN3/c1-6-2-3-7-8(4-6)13-9(5-12)10(11)14-7/h2-4H,1H3. The first-order valence-electron chi connectivity index (χ1n) is 4.05. The van der Waals surface area contributed by atoms with Gasteiger partial charge in [0, 0.05) is 0 Å². The number of rotatable bonds is 0. The minimum atomic E-state index is 0.156. The lowest BCUT2D eigenvalue weighted by atomic mass is 10.2. The third-order valence-electron chi connectivity index (χ3n) is 1.88. The lowest BCUT2D eigenvalue weighted by Gasteiger charge is -1.99. The maximum Gasteiger partial charge on any atom is 0.178 e. The van der Waals surface area contributed by atoms with Crippen LogP contribution >= 0.6 is 11.6 Å². The second kappa shape index (κ2) is 3.24. The van der Waals surface area contributed by atoms with E-state index >= 15 is 0 Å². The number of nitriles is 1. The molecule has 2 aromatic rings. The number of nitrogens with zero attached hydrogens (tertiary/aromatic N) is 3. The molecule has 0 aliphatic carbocycles. The van der Waals surface area contributed by atoms with Gasteiger partial charge < -0.3 is 0 Å². The normalized spacial score (nSPS) is 10.1. The number of aromatic nitrogens is 2. The van der Waals surface area contributed by atoms with Crippen LogP contribution in [0.4, 0.5) is 0 Å². The maximum absolute atomic E-state index is 8.71. The molecule has 0 unspecified atom stereocenters. The summed E-state index contributed by atoms with van der Waals surface area (Å²) in [4.78, 5) is 8.17. The quantitative estimate of drug-likeness (QED) is 0.661. The van der Waals surface area contributed by atoms with Crippen molar-refractivity contribution in [2.45, 2.75) is 6.92 Å². The maximum atomic E-state index is 8.71. The molecule has 0 aliphatic rings. The van der Waals surface area contributed by atoms with E-state index in [0.717, 1.165) is 5.56 Å². The van der Waals surface area contributed by atoms with Gasteiger partial charge in [-0.25, -0.2) is 9.97 Å².